The van der Waals surface area contributed by atoms with Crippen LogP contribution in [-0.2, 0) is 6.42 Å². The number of rotatable bonds is 4. The molecule has 1 aromatic rings. The summed E-state index contributed by atoms with van der Waals surface area (Å²) in [7, 11) is 0. The van der Waals surface area contributed by atoms with Crippen LogP contribution in [0.15, 0.2) is 24.3 Å². The molecule has 0 atom stereocenters. The van der Waals surface area contributed by atoms with Gasteiger partial charge in [-0.3, -0.25) is 0 Å². The molecule has 0 spiro atoms. The van der Waals surface area contributed by atoms with Crippen LogP contribution >= 0.6 is 0 Å². The molecule has 0 aliphatic rings. The summed E-state index contributed by atoms with van der Waals surface area (Å²) in [4.78, 5) is 0. The number of benzene rings is 1. The first-order chi connectivity index (χ1) is 6.36. The van der Waals surface area contributed by atoms with Crippen molar-refractivity contribution in [2.24, 2.45) is 0 Å². The molecule has 0 heteroatoms. The van der Waals surface area contributed by atoms with Crippen LogP contribution in [0, 0.1) is 12.3 Å². The zero-order valence-electron chi connectivity index (χ0n) is 8.22. The summed E-state index contributed by atoms with van der Waals surface area (Å²) in [6, 6.07) is 8.27. The van der Waals surface area contributed by atoms with Crippen molar-refractivity contribution in [3.63, 3.8) is 0 Å². The molecular formula is C13H16. The lowest BCUT2D eigenvalue weighted by atomic mass is 10.1. The first-order valence-electron chi connectivity index (χ1n) is 4.92. The van der Waals surface area contributed by atoms with Gasteiger partial charge in [0.05, 0.1) is 0 Å². The maximum atomic E-state index is 5.32. The Kier molecular flexibility index (Phi) is 4.12. The van der Waals surface area contributed by atoms with E-state index in [1.54, 1.807) is 0 Å². The fraction of sp³-hybridized carbons (Fsp3) is 0.385. The van der Waals surface area contributed by atoms with Gasteiger partial charge in [0.2, 0.25) is 0 Å². The third kappa shape index (κ3) is 3.34. The summed E-state index contributed by atoms with van der Waals surface area (Å²) in [6.45, 7) is 2.22. The highest BCUT2D eigenvalue weighted by atomic mass is 14.0. The van der Waals surface area contributed by atoms with Crippen LogP contribution in [-0.4, -0.2) is 0 Å². The van der Waals surface area contributed by atoms with E-state index in [1.165, 1.54) is 24.8 Å². The van der Waals surface area contributed by atoms with E-state index in [9.17, 15) is 0 Å². The molecule has 0 aromatic heterocycles. The summed E-state index contributed by atoms with van der Waals surface area (Å²) in [6.07, 6.45) is 10.3. The number of hydrogen-bond donors (Lipinski definition) is 0. The van der Waals surface area contributed by atoms with Crippen LogP contribution in [0.1, 0.15) is 37.3 Å². The van der Waals surface area contributed by atoms with Crippen LogP contribution in [0.4, 0.5) is 0 Å². The van der Waals surface area contributed by atoms with Crippen molar-refractivity contribution in [2.45, 2.75) is 32.6 Å². The molecule has 0 nitrogen and oxygen atoms in total. The maximum Gasteiger partial charge on any atom is 0.0245 e. The molecule has 1 aromatic carbocycles. The van der Waals surface area contributed by atoms with Gasteiger partial charge >= 0.3 is 0 Å². The first-order valence-corrected chi connectivity index (χ1v) is 4.92. The zero-order valence-corrected chi connectivity index (χ0v) is 8.22. The van der Waals surface area contributed by atoms with Crippen molar-refractivity contribution in [2.75, 3.05) is 0 Å². The van der Waals surface area contributed by atoms with Crippen LogP contribution in [0.25, 0.3) is 0 Å². The molecule has 0 N–H and O–H groups in total. The Balaban J connectivity index is 2.52. The lowest BCUT2D eigenvalue weighted by Gasteiger charge is -2.00. The molecule has 0 aliphatic carbocycles. The Morgan fingerprint density at radius 3 is 2.85 bits per heavy atom. The third-order valence-corrected chi connectivity index (χ3v) is 2.16. The Morgan fingerprint density at radius 1 is 1.31 bits per heavy atom. The summed E-state index contributed by atoms with van der Waals surface area (Å²) in [5.74, 6) is 2.66. The standard InChI is InChI=1S/C13H16/c1-3-5-6-8-13-10-7-9-12(4-2)11-13/h2,7,9-11H,3,5-6,8H2,1H3. The number of hydrogen-bond acceptors (Lipinski definition) is 0. The van der Waals surface area contributed by atoms with Gasteiger partial charge in [0, 0.05) is 5.56 Å². The Bertz CT molecular complexity index is 291. The van der Waals surface area contributed by atoms with Crippen molar-refractivity contribution < 1.29 is 0 Å². The molecule has 68 valence electrons. The van der Waals surface area contributed by atoms with E-state index in [4.69, 9.17) is 6.42 Å². The van der Waals surface area contributed by atoms with Crippen molar-refractivity contribution in [3.8, 4) is 12.3 Å². The molecule has 0 radical (unpaired) electrons. The van der Waals surface area contributed by atoms with Crippen LogP contribution in [0.2, 0.25) is 0 Å². The highest BCUT2D eigenvalue weighted by Crippen LogP contribution is 2.08. The number of terminal acetylenes is 1. The second-order valence-electron chi connectivity index (χ2n) is 3.30. The minimum absolute atomic E-state index is 0.994. The molecule has 0 saturated carbocycles. The average molecular weight is 172 g/mol. The van der Waals surface area contributed by atoms with E-state index < -0.39 is 0 Å². The fourth-order valence-corrected chi connectivity index (χ4v) is 1.40. The zero-order chi connectivity index (χ0) is 9.52. The Labute approximate surface area is 81.0 Å². The van der Waals surface area contributed by atoms with E-state index in [1.807, 2.05) is 12.1 Å². The minimum Gasteiger partial charge on any atom is -0.115 e. The van der Waals surface area contributed by atoms with Gasteiger partial charge < -0.3 is 0 Å². The lowest BCUT2D eigenvalue weighted by Crippen LogP contribution is -1.86. The fourth-order valence-electron chi connectivity index (χ4n) is 1.40. The van der Waals surface area contributed by atoms with Crippen LogP contribution < -0.4 is 0 Å². The van der Waals surface area contributed by atoms with Gasteiger partial charge in [0.25, 0.3) is 0 Å². The van der Waals surface area contributed by atoms with Gasteiger partial charge in [-0.1, -0.05) is 37.8 Å². The summed E-state index contributed by atoms with van der Waals surface area (Å²) < 4.78 is 0. The minimum atomic E-state index is 0.994. The van der Waals surface area contributed by atoms with E-state index in [2.05, 4.69) is 25.0 Å². The van der Waals surface area contributed by atoms with Gasteiger partial charge in [0.1, 0.15) is 0 Å². The topological polar surface area (TPSA) is 0 Å². The van der Waals surface area contributed by atoms with Gasteiger partial charge in [-0.25, -0.2) is 0 Å². The maximum absolute atomic E-state index is 5.32. The number of unbranched alkanes of at least 4 members (excludes halogenated alkanes) is 2. The molecule has 0 unspecified atom stereocenters. The predicted molar refractivity (Wildman–Crippen MR) is 57.6 cm³/mol. The first kappa shape index (κ1) is 9.86. The second-order valence-corrected chi connectivity index (χ2v) is 3.30. The van der Waals surface area contributed by atoms with E-state index in [-0.39, 0.29) is 0 Å². The molecule has 0 bridgehead atoms. The van der Waals surface area contributed by atoms with Gasteiger partial charge in [0.15, 0.2) is 0 Å². The highest BCUT2D eigenvalue weighted by molar-refractivity contribution is 5.35. The van der Waals surface area contributed by atoms with Crippen LogP contribution in [0.5, 0.6) is 0 Å². The van der Waals surface area contributed by atoms with Crippen molar-refractivity contribution in [1.82, 2.24) is 0 Å². The SMILES string of the molecule is C#Cc1cccc(CCCCC)c1. The smallest absolute Gasteiger partial charge is 0.0245 e. The van der Waals surface area contributed by atoms with Gasteiger partial charge in [-0.05, 0) is 30.5 Å². The highest BCUT2D eigenvalue weighted by Gasteiger charge is 1.93. The van der Waals surface area contributed by atoms with Gasteiger partial charge in [-0.2, -0.15) is 0 Å². The Morgan fingerprint density at radius 2 is 2.15 bits per heavy atom. The number of aryl methyl sites for hydroxylation is 1. The summed E-state index contributed by atoms with van der Waals surface area (Å²) >= 11 is 0. The summed E-state index contributed by atoms with van der Waals surface area (Å²) in [5.41, 5.74) is 2.36. The molecular weight excluding hydrogens is 156 g/mol. The molecule has 0 heterocycles. The predicted octanol–water partition coefficient (Wildman–Crippen LogP) is 3.40. The largest absolute Gasteiger partial charge is 0.115 e. The second kappa shape index (κ2) is 5.43. The van der Waals surface area contributed by atoms with Crippen molar-refractivity contribution >= 4 is 0 Å². The molecule has 0 fully saturated rings. The normalized spacial score (nSPS) is 9.54. The molecule has 0 aliphatic heterocycles. The molecule has 13 heavy (non-hydrogen) atoms. The van der Waals surface area contributed by atoms with E-state index >= 15 is 0 Å². The Hall–Kier alpha value is -1.22. The third-order valence-electron chi connectivity index (χ3n) is 2.16. The van der Waals surface area contributed by atoms with E-state index in [0.29, 0.717) is 0 Å². The molecule has 0 saturated heterocycles. The van der Waals surface area contributed by atoms with Gasteiger partial charge in [-0.15, -0.1) is 6.42 Å². The quantitative estimate of drug-likeness (QED) is 0.482. The molecule has 0 amide bonds. The molecule has 1 rings (SSSR count). The average Bonchev–Trinajstić information content (AvgIpc) is 2.19. The van der Waals surface area contributed by atoms with Crippen molar-refractivity contribution in [3.05, 3.63) is 35.4 Å². The summed E-state index contributed by atoms with van der Waals surface area (Å²) in [5, 5.41) is 0. The lowest BCUT2D eigenvalue weighted by molar-refractivity contribution is 0.717. The van der Waals surface area contributed by atoms with Crippen molar-refractivity contribution in [1.29, 1.82) is 0 Å². The van der Waals surface area contributed by atoms with E-state index in [0.717, 1.165) is 12.0 Å². The van der Waals surface area contributed by atoms with Crippen LogP contribution in [0.3, 0.4) is 0 Å². The monoisotopic (exact) mass is 172 g/mol.